The van der Waals surface area contributed by atoms with E-state index in [0.29, 0.717) is 5.69 Å². The average Bonchev–Trinajstić information content (AvgIpc) is 2.99. The lowest BCUT2D eigenvalue weighted by Gasteiger charge is -2.09. The smallest absolute Gasteiger partial charge is 0.333 e. The molecule has 21 heavy (non-hydrogen) atoms. The second kappa shape index (κ2) is 4.81. The summed E-state index contributed by atoms with van der Waals surface area (Å²) in [6.07, 6.45) is 0. The van der Waals surface area contributed by atoms with Crippen LogP contribution < -0.4 is 5.73 Å². The second-order valence-corrected chi connectivity index (χ2v) is 5.78. The van der Waals surface area contributed by atoms with Gasteiger partial charge in [-0.2, -0.15) is 5.10 Å². The summed E-state index contributed by atoms with van der Waals surface area (Å²) in [5.74, 6) is 0.0595. The Bertz CT molecular complexity index is 805. The van der Waals surface area contributed by atoms with E-state index in [1.807, 2.05) is 31.2 Å². The Labute approximate surface area is 124 Å². The molecule has 7 nitrogen and oxygen atoms in total. The van der Waals surface area contributed by atoms with Gasteiger partial charge in [-0.1, -0.05) is 12.1 Å². The van der Waals surface area contributed by atoms with Crippen LogP contribution in [0.4, 0.5) is 11.5 Å². The molecule has 0 aliphatic rings. The van der Waals surface area contributed by atoms with Crippen molar-refractivity contribution < 1.29 is 4.92 Å². The van der Waals surface area contributed by atoms with Crippen LogP contribution in [-0.2, 0) is 0 Å². The van der Waals surface area contributed by atoms with E-state index in [1.54, 1.807) is 6.92 Å². The molecule has 3 aromatic rings. The molecule has 0 saturated carbocycles. The number of thiazole rings is 1. The van der Waals surface area contributed by atoms with E-state index in [-0.39, 0.29) is 17.5 Å². The molecule has 0 saturated heterocycles. The number of fused-ring (bicyclic) bond motifs is 1. The lowest BCUT2D eigenvalue weighted by molar-refractivity contribution is -0.384. The monoisotopic (exact) mass is 303 g/mol. The van der Waals surface area contributed by atoms with Crippen molar-refractivity contribution in [3.8, 4) is 0 Å². The van der Waals surface area contributed by atoms with Crippen molar-refractivity contribution in [3.05, 3.63) is 45.1 Å². The van der Waals surface area contributed by atoms with Gasteiger partial charge in [0, 0.05) is 0 Å². The summed E-state index contributed by atoms with van der Waals surface area (Å²) < 4.78 is 2.53. The Morgan fingerprint density at radius 1 is 1.43 bits per heavy atom. The molecule has 0 bridgehead atoms. The number of nitro groups is 1. The van der Waals surface area contributed by atoms with Crippen LogP contribution in [0, 0.1) is 17.0 Å². The molecule has 0 aliphatic heterocycles. The molecule has 1 atom stereocenters. The standard InChI is InChI=1S/C13H13N5O2S/c1-7-11(18(19)20)12(14)17(16-7)8(2)13-15-9-5-3-4-6-10(9)21-13/h3-6,8H,14H2,1-2H3. The number of aromatic nitrogens is 3. The van der Waals surface area contributed by atoms with E-state index >= 15 is 0 Å². The van der Waals surface area contributed by atoms with Gasteiger partial charge in [0.25, 0.3) is 0 Å². The molecule has 0 amide bonds. The molecule has 1 unspecified atom stereocenters. The molecule has 2 heterocycles. The van der Waals surface area contributed by atoms with Gasteiger partial charge in [0.15, 0.2) is 0 Å². The Balaban J connectivity index is 2.08. The van der Waals surface area contributed by atoms with E-state index in [9.17, 15) is 10.1 Å². The molecule has 3 rings (SSSR count). The minimum Gasteiger partial charge on any atom is -0.378 e. The Kier molecular flexibility index (Phi) is 3.09. The van der Waals surface area contributed by atoms with E-state index in [4.69, 9.17) is 5.73 Å². The summed E-state index contributed by atoms with van der Waals surface area (Å²) in [6.45, 7) is 3.46. The Morgan fingerprint density at radius 3 is 2.76 bits per heavy atom. The molecule has 8 heteroatoms. The predicted octanol–water partition coefficient (Wildman–Crippen LogP) is 2.90. The lowest BCUT2D eigenvalue weighted by atomic mass is 10.3. The molecular weight excluding hydrogens is 290 g/mol. The molecule has 0 fully saturated rings. The summed E-state index contributed by atoms with van der Waals surface area (Å²) in [7, 11) is 0. The van der Waals surface area contributed by atoms with Crippen LogP contribution in [0.25, 0.3) is 10.2 Å². The summed E-state index contributed by atoms with van der Waals surface area (Å²) in [6, 6.07) is 7.54. The van der Waals surface area contributed by atoms with Crippen molar-refractivity contribution in [1.82, 2.24) is 14.8 Å². The number of hydrogen-bond donors (Lipinski definition) is 1. The summed E-state index contributed by atoms with van der Waals surface area (Å²) in [5, 5.41) is 16.0. The van der Waals surface area contributed by atoms with E-state index in [2.05, 4.69) is 10.1 Å². The van der Waals surface area contributed by atoms with Gasteiger partial charge in [0.2, 0.25) is 5.82 Å². The number of aryl methyl sites for hydroxylation is 1. The van der Waals surface area contributed by atoms with Crippen LogP contribution in [0.2, 0.25) is 0 Å². The maximum Gasteiger partial charge on any atom is 0.333 e. The largest absolute Gasteiger partial charge is 0.378 e. The van der Waals surface area contributed by atoms with Crippen molar-refractivity contribution in [1.29, 1.82) is 0 Å². The summed E-state index contributed by atoms with van der Waals surface area (Å²) in [4.78, 5) is 15.1. The highest BCUT2D eigenvalue weighted by molar-refractivity contribution is 7.18. The highest BCUT2D eigenvalue weighted by Gasteiger charge is 2.27. The number of rotatable bonds is 3. The van der Waals surface area contributed by atoms with Crippen LogP contribution in [0.15, 0.2) is 24.3 Å². The zero-order valence-corrected chi connectivity index (χ0v) is 12.3. The minimum absolute atomic E-state index is 0.0595. The highest BCUT2D eigenvalue weighted by atomic mass is 32.1. The van der Waals surface area contributed by atoms with Gasteiger partial charge < -0.3 is 5.73 Å². The van der Waals surface area contributed by atoms with Crippen molar-refractivity contribution in [2.24, 2.45) is 0 Å². The highest BCUT2D eigenvalue weighted by Crippen LogP contribution is 2.33. The Morgan fingerprint density at radius 2 is 2.14 bits per heavy atom. The van der Waals surface area contributed by atoms with E-state index in [0.717, 1.165) is 15.2 Å². The third kappa shape index (κ3) is 2.13. The average molecular weight is 303 g/mol. The minimum atomic E-state index is -0.501. The quantitative estimate of drug-likeness (QED) is 0.592. The molecule has 2 N–H and O–H groups in total. The number of nitrogens with zero attached hydrogens (tertiary/aromatic N) is 4. The summed E-state index contributed by atoms with van der Waals surface area (Å²) in [5.41, 5.74) is 6.95. The molecular formula is C13H13N5O2S. The van der Waals surface area contributed by atoms with E-state index in [1.165, 1.54) is 16.0 Å². The normalized spacial score (nSPS) is 12.7. The van der Waals surface area contributed by atoms with Crippen LogP contribution in [0.3, 0.4) is 0 Å². The SMILES string of the molecule is Cc1nn(C(C)c2nc3ccccc3s2)c(N)c1[N+](=O)[O-]. The predicted molar refractivity (Wildman–Crippen MR) is 81.5 cm³/mol. The second-order valence-electron chi connectivity index (χ2n) is 4.72. The van der Waals surface area contributed by atoms with Crippen molar-refractivity contribution >= 4 is 33.1 Å². The van der Waals surface area contributed by atoms with Gasteiger partial charge in [-0.25, -0.2) is 9.67 Å². The third-order valence-electron chi connectivity index (χ3n) is 3.31. The molecule has 0 spiro atoms. The zero-order chi connectivity index (χ0) is 15.1. The first kappa shape index (κ1) is 13.5. The maximum absolute atomic E-state index is 11.0. The van der Waals surface area contributed by atoms with Crippen LogP contribution in [0.1, 0.15) is 23.7 Å². The van der Waals surface area contributed by atoms with Gasteiger partial charge in [-0.15, -0.1) is 11.3 Å². The van der Waals surface area contributed by atoms with Crippen molar-refractivity contribution in [2.45, 2.75) is 19.9 Å². The lowest BCUT2D eigenvalue weighted by Crippen LogP contribution is -2.11. The first-order chi connectivity index (χ1) is 9.99. The molecule has 2 aromatic heterocycles. The van der Waals surface area contributed by atoms with Crippen molar-refractivity contribution in [3.63, 3.8) is 0 Å². The zero-order valence-electron chi connectivity index (χ0n) is 11.5. The molecule has 1 aromatic carbocycles. The molecule has 0 aliphatic carbocycles. The van der Waals surface area contributed by atoms with E-state index < -0.39 is 4.92 Å². The third-order valence-corrected chi connectivity index (χ3v) is 4.51. The first-order valence-electron chi connectivity index (χ1n) is 6.33. The maximum atomic E-state index is 11.0. The summed E-state index contributed by atoms with van der Waals surface area (Å²) >= 11 is 1.54. The Hall–Kier alpha value is -2.48. The molecule has 108 valence electrons. The fourth-order valence-electron chi connectivity index (χ4n) is 2.25. The fraction of sp³-hybridized carbons (Fsp3) is 0.231. The van der Waals surface area contributed by atoms with Crippen LogP contribution in [0.5, 0.6) is 0 Å². The molecule has 0 radical (unpaired) electrons. The van der Waals surface area contributed by atoms with Crippen molar-refractivity contribution in [2.75, 3.05) is 5.73 Å². The number of nitrogen functional groups attached to an aromatic ring is 1. The number of para-hydroxylation sites is 1. The van der Waals surface area contributed by atoms with Gasteiger partial charge in [-0.3, -0.25) is 10.1 Å². The van der Waals surface area contributed by atoms with Gasteiger partial charge in [-0.05, 0) is 26.0 Å². The van der Waals surface area contributed by atoms with Crippen LogP contribution >= 0.6 is 11.3 Å². The number of hydrogen-bond acceptors (Lipinski definition) is 6. The number of nitrogens with two attached hydrogens (primary N) is 1. The van der Waals surface area contributed by atoms with Gasteiger partial charge in [0.1, 0.15) is 16.7 Å². The van der Waals surface area contributed by atoms with Gasteiger partial charge >= 0.3 is 5.69 Å². The van der Waals surface area contributed by atoms with Crippen LogP contribution in [-0.4, -0.2) is 19.7 Å². The number of anilines is 1. The van der Waals surface area contributed by atoms with Gasteiger partial charge in [0.05, 0.1) is 15.1 Å². The fourth-order valence-corrected chi connectivity index (χ4v) is 3.26. The topological polar surface area (TPSA) is 99.9 Å². The first-order valence-corrected chi connectivity index (χ1v) is 7.15. The number of benzene rings is 1.